The Hall–Kier alpha value is -2.54. The minimum Gasteiger partial charge on any atom is -0.475 e. The van der Waals surface area contributed by atoms with E-state index in [0.717, 1.165) is 49.8 Å². The predicted octanol–water partition coefficient (Wildman–Crippen LogP) is 3.33. The molecule has 2 N–H and O–H groups in total. The number of nitrogens with zero attached hydrogens (tertiary/aromatic N) is 4. The smallest absolute Gasteiger partial charge is 0.475 e. The molecular formula is C19H24F3N5O4S. The normalized spacial score (nSPS) is 21.3. The number of amides is 1. The second-order valence-electron chi connectivity index (χ2n) is 7.86. The minimum absolute atomic E-state index is 0.0264. The van der Waals surface area contributed by atoms with Crippen LogP contribution in [0.25, 0.3) is 0 Å². The predicted molar refractivity (Wildman–Crippen MR) is 109 cm³/mol. The summed E-state index contributed by atoms with van der Waals surface area (Å²) >= 11 is 1.27. The summed E-state index contributed by atoms with van der Waals surface area (Å²) in [6.45, 7) is 6.33. The topological polar surface area (TPSA) is 119 Å². The van der Waals surface area contributed by atoms with Crippen molar-refractivity contribution in [3.63, 3.8) is 0 Å². The van der Waals surface area contributed by atoms with Gasteiger partial charge in [0, 0.05) is 49.3 Å². The van der Waals surface area contributed by atoms with Crippen LogP contribution in [0.5, 0.6) is 0 Å². The zero-order valence-corrected chi connectivity index (χ0v) is 18.4. The van der Waals surface area contributed by atoms with Crippen molar-refractivity contribution in [2.75, 3.05) is 18.5 Å². The van der Waals surface area contributed by atoms with Gasteiger partial charge >= 0.3 is 12.1 Å². The third-order valence-electron chi connectivity index (χ3n) is 5.30. The summed E-state index contributed by atoms with van der Waals surface area (Å²) in [7, 11) is 0. The van der Waals surface area contributed by atoms with E-state index in [9.17, 15) is 18.0 Å². The molecule has 176 valence electrons. The number of nitrogens with one attached hydrogen (secondary N) is 1. The van der Waals surface area contributed by atoms with E-state index in [4.69, 9.17) is 14.6 Å². The summed E-state index contributed by atoms with van der Waals surface area (Å²) in [6.07, 6.45) is -0.340. The van der Waals surface area contributed by atoms with E-state index in [-0.39, 0.29) is 17.7 Å². The number of anilines is 1. The van der Waals surface area contributed by atoms with Crippen LogP contribution in [0.1, 0.15) is 55.4 Å². The number of imidazole rings is 1. The zero-order valence-electron chi connectivity index (χ0n) is 17.6. The van der Waals surface area contributed by atoms with E-state index < -0.39 is 12.1 Å². The van der Waals surface area contributed by atoms with Gasteiger partial charge in [-0.1, -0.05) is 6.92 Å². The third-order valence-corrected chi connectivity index (χ3v) is 5.94. The van der Waals surface area contributed by atoms with Gasteiger partial charge in [-0.25, -0.2) is 14.8 Å². The van der Waals surface area contributed by atoms with Crippen molar-refractivity contribution in [1.29, 1.82) is 0 Å². The minimum atomic E-state index is -5.08. The summed E-state index contributed by atoms with van der Waals surface area (Å²) in [5, 5.41) is 10.7. The standard InChI is InChI=1S/C17H23N5O2S.C2HF3O2/c1-10-7-13(9-22-8-11(2)18-15(10)22)16(23)20-17-19-14(21-25-17)12-3-5-24-6-4-12;3-2(4,5)1(6)7/h8,10,12-13H,3-7,9H2,1-2H3,(H,19,20,21,23);(H,6,7)/t10-,13+;/m1./s1. The number of rotatable bonds is 3. The molecule has 2 atom stereocenters. The van der Waals surface area contributed by atoms with Crippen molar-refractivity contribution in [3.8, 4) is 0 Å². The van der Waals surface area contributed by atoms with Gasteiger partial charge in [0.05, 0.1) is 11.6 Å². The van der Waals surface area contributed by atoms with E-state index >= 15 is 0 Å². The first kappa shape index (κ1) is 24.1. The molecule has 0 saturated carbocycles. The van der Waals surface area contributed by atoms with Crippen LogP contribution in [-0.2, 0) is 20.9 Å². The number of aromatic nitrogens is 4. The molecule has 1 saturated heterocycles. The highest BCUT2D eigenvalue weighted by atomic mass is 32.1. The molecule has 1 amide bonds. The lowest BCUT2D eigenvalue weighted by atomic mass is 9.91. The number of carboxylic acid groups (broad SMARTS) is 1. The van der Waals surface area contributed by atoms with Gasteiger partial charge in [0.15, 0.2) is 0 Å². The molecular weight excluding hydrogens is 451 g/mol. The van der Waals surface area contributed by atoms with Crippen molar-refractivity contribution in [1.82, 2.24) is 18.9 Å². The average molecular weight is 475 g/mol. The molecule has 0 spiro atoms. The molecule has 0 bridgehead atoms. The summed E-state index contributed by atoms with van der Waals surface area (Å²) < 4.78 is 43.7. The Morgan fingerprint density at radius 2 is 1.94 bits per heavy atom. The van der Waals surface area contributed by atoms with Crippen molar-refractivity contribution in [2.45, 2.75) is 57.7 Å². The lowest BCUT2D eigenvalue weighted by molar-refractivity contribution is -0.192. The first-order chi connectivity index (χ1) is 15.0. The third kappa shape index (κ3) is 6.03. The molecule has 2 aliphatic rings. The first-order valence-corrected chi connectivity index (χ1v) is 10.9. The Morgan fingerprint density at radius 1 is 1.28 bits per heavy atom. The highest BCUT2D eigenvalue weighted by Gasteiger charge is 2.38. The van der Waals surface area contributed by atoms with Crippen LogP contribution in [0, 0.1) is 12.8 Å². The zero-order chi connectivity index (χ0) is 23.5. The Morgan fingerprint density at radius 3 is 2.56 bits per heavy atom. The molecule has 2 aromatic heterocycles. The fourth-order valence-electron chi connectivity index (χ4n) is 3.75. The van der Waals surface area contributed by atoms with Crippen LogP contribution in [0.2, 0.25) is 0 Å². The highest BCUT2D eigenvalue weighted by molar-refractivity contribution is 7.09. The molecule has 13 heteroatoms. The van der Waals surface area contributed by atoms with Gasteiger partial charge in [0.25, 0.3) is 0 Å². The van der Waals surface area contributed by atoms with E-state index in [1.807, 2.05) is 13.1 Å². The largest absolute Gasteiger partial charge is 0.490 e. The fraction of sp³-hybridized carbons (Fsp3) is 0.632. The van der Waals surface area contributed by atoms with Crippen LogP contribution < -0.4 is 5.32 Å². The van der Waals surface area contributed by atoms with Crippen molar-refractivity contribution < 1.29 is 32.6 Å². The van der Waals surface area contributed by atoms with Gasteiger partial charge in [0.2, 0.25) is 11.0 Å². The van der Waals surface area contributed by atoms with Crippen LogP contribution >= 0.6 is 11.5 Å². The second kappa shape index (κ2) is 9.94. The molecule has 0 aromatic carbocycles. The maximum absolute atomic E-state index is 12.7. The summed E-state index contributed by atoms with van der Waals surface area (Å²) in [5.41, 5.74) is 1.01. The summed E-state index contributed by atoms with van der Waals surface area (Å²) in [5.74, 6) is -0.239. The molecule has 2 aromatic rings. The van der Waals surface area contributed by atoms with Crippen LogP contribution in [0.4, 0.5) is 18.3 Å². The fourth-order valence-corrected chi connectivity index (χ4v) is 4.40. The molecule has 32 heavy (non-hydrogen) atoms. The number of hydrogen-bond acceptors (Lipinski definition) is 7. The molecule has 9 nitrogen and oxygen atoms in total. The van der Waals surface area contributed by atoms with Gasteiger partial charge in [0.1, 0.15) is 11.6 Å². The van der Waals surface area contributed by atoms with E-state index in [0.29, 0.717) is 17.6 Å². The first-order valence-electron chi connectivity index (χ1n) is 10.1. The Labute approximate surface area is 186 Å². The molecule has 4 heterocycles. The molecule has 0 unspecified atom stereocenters. The lowest BCUT2D eigenvalue weighted by Gasteiger charge is -2.27. The van der Waals surface area contributed by atoms with Gasteiger partial charge in [-0.15, -0.1) is 0 Å². The molecule has 1 fully saturated rings. The van der Waals surface area contributed by atoms with Crippen LogP contribution in [-0.4, -0.2) is 55.3 Å². The Balaban J connectivity index is 0.000000360. The SMILES string of the molecule is Cc1cn2c(n1)[C@H](C)C[C@H](C(=O)Nc1nc(C3CCOCC3)ns1)C2.O=C(O)C(F)(F)F. The number of hydrogen-bond donors (Lipinski definition) is 2. The van der Waals surface area contributed by atoms with E-state index in [1.165, 1.54) is 11.5 Å². The number of carbonyl (C=O) groups excluding carboxylic acids is 1. The number of alkyl halides is 3. The van der Waals surface area contributed by atoms with E-state index in [2.05, 4.69) is 31.1 Å². The van der Waals surface area contributed by atoms with Crippen LogP contribution in [0.3, 0.4) is 0 Å². The second-order valence-corrected chi connectivity index (χ2v) is 8.61. The number of ether oxygens (including phenoxy) is 1. The van der Waals surface area contributed by atoms with Crippen molar-refractivity contribution >= 4 is 28.5 Å². The van der Waals surface area contributed by atoms with Gasteiger partial charge in [-0.3, -0.25) is 4.79 Å². The lowest BCUT2D eigenvalue weighted by Crippen LogP contribution is -2.32. The number of fused-ring (bicyclic) bond motifs is 1. The number of carboxylic acids is 1. The van der Waals surface area contributed by atoms with Gasteiger partial charge < -0.3 is 19.7 Å². The van der Waals surface area contributed by atoms with Crippen molar-refractivity contribution in [3.05, 3.63) is 23.5 Å². The number of carbonyl (C=O) groups is 2. The quantitative estimate of drug-likeness (QED) is 0.699. The monoisotopic (exact) mass is 475 g/mol. The summed E-state index contributed by atoms with van der Waals surface area (Å²) in [6, 6.07) is 0. The van der Waals surface area contributed by atoms with Gasteiger partial charge in [-0.05, 0) is 26.2 Å². The average Bonchev–Trinajstić information content (AvgIpc) is 3.34. The Kier molecular flexibility index (Phi) is 7.49. The molecule has 0 aliphatic carbocycles. The molecule has 2 aliphatic heterocycles. The maximum atomic E-state index is 12.7. The molecule has 4 rings (SSSR count). The number of halogens is 3. The van der Waals surface area contributed by atoms with Crippen LogP contribution in [0.15, 0.2) is 6.20 Å². The Bertz CT molecular complexity index is 955. The summed E-state index contributed by atoms with van der Waals surface area (Å²) in [4.78, 5) is 30.7. The van der Waals surface area contributed by atoms with E-state index in [1.54, 1.807) is 0 Å². The number of aryl methyl sites for hydroxylation is 1. The van der Waals surface area contributed by atoms with Gasteiger partial charge in [-0.2, -0.15) is 17.5 Å². The maximum Gasteiger partial charge on any atom is 0.490 e. The highest BCUT2D eigenvalue weighted by Crippen LogP contribution is 2.31. The van der Waals surface area contributed by atoms with Crippen molar-refractivity contribution in [2.24, 2.45) is 5.92 Å². The molecule has 0 radical (unpaired) electrons. The number of aliphatic carboxylic acids is 1.